The van der Waals surface area contributed by atoms with Crippen molar-refractivity contribution >= 4 is 0 Å². The summed E-state index contributed by atoms with van der Waals surface area (Å²) >= 11 is 0. The Hall–Kier alpha value is -2.41. The molecule has 0 aliphatic heterocycles. The Balaban J connectivity index is 1.96. The lowest BCUT2D eigenvalue weighted by molar-refractivity contribution is 0.632. The molecule has 0 fully saturated rings. The third-order valence-corrected chi connectivity index (χ3v) is 4.03. The van der Waals surface area contributed by atoms with E-state index < -0.39 is 0 Å². The van der Waals surface area contributed by atoms with E-state index in [4.69, 9.17) is 0 Å². The van der Waals surface area contributed by atoms with Gasteiger partial charge in [0.1, 0.15) is 5.82 Å². The van der Waals surface area contributed by atoms with Gasteiger partial charge in [-0.05, 0) is 41.7 Å². The molecular weight excluding hydrogens is 271 g/mol. The fraction of sp³-hybridized carbons (Fsp3) is 0.143. The normalized spacial score (nSPS) is 10.7. The average molecular weight is 290 g/mol. The molecular formula is C21H19F. The van der Waals surface area contributed by atoms with Crippen LogP contribution >= 0.6 is 0 Å². The fourth-order valence-electron chi connectivity index (χ4n) is 2.59. The molecule has 0 bridgehead atoms. The van der Waals surface area contributed by atoms with Crippen LogP contribution in [-0.4, -0.2) is 0 Å². The highest BCUT2D eigenvalue weighted by molar-refractivity contribution is 5.71. The number of benzene rings is 3. The minimum atomic E-state index is -0.178. The number of aryl methyl sites for hydroxylation is 2. The van der Waals surface area contributed by atoms with E-state index in [2.05, 4.69) is 19.1 Å². The molecule has 0 amide bonds. The molecule has 110 valence electrons. The molecule has 0 nitrogen and oxygen atoms in total. The van der Waals surface area contributed by atoms with Crippen LogP contribution in [0, 0.1) is 12.7 Å². The lowest BCUT2D eigenvalue weighted by atomic mass is 9.98. The average Bonchev–Trinajstić information content (AvgIpc) is 2.56. The summed E-state index contributed by atoms with van der Waals surface area (Å²) in [6, 6.07) is 21.7. The van der Waals surface area contributed by atoms with E-state index in [-0.39, 0.29) is 5.82 Å². The molecule has 22 heavy (non-hydrogen) atoms. The van der Waals surface area contributed by atoms with Crippen LogP contribution in [0.2, 0.25) is 0 Å². The molecule has 3 rings (SSSR count). The van der Waals surface area contributed by atoms with Crippen LogP contribution in [0.1, 0.15) is 18.1 Å². The highest BCUT2D eigenvalue weighted by atomic mass is 19.1. The summed E-state index contributed by atoms with van der Waals surface area (Å²) in [7, 11) is 0. The standard InChI is InChI=1S/C21H19F/c1-3-16-6-10-18(11-7-16)20-13-12-19(14-21(20)22)17-8-4-15(2)5-9-17/h4-14H,3H2,1-2H3. The first kappa shape index (κ1) is 14.5. The summed E-state index contributed by atoms with van der Waals surface area (Å²) in [6.07, 6.45) is 0.995. The van der Waals surface area contributed by atoms with E-state index in [1.807, 2.05) is 55.5 Å². The van der Waals surface area contributed by atoms with Gasteiger partial charge in [-0.1, -0.05) is 73.2 Å². The van der Waals surface area contributed by atoms with Crippen molar-refractivity contribution < 1.29 is 4.39 Å². The van der Waals surface area contributed by atoms with E-state index in [9.17, 15) is 4.39 Å². The summed E-state index contributed by atoms with van der Waals surface area (Å²) in [5, 5.41) is 0. The molecule has 0 heterocycles. The van der Waals surface area contributed by atoms with E-state index in [1.165, 1.54) is 11.1 Å². The molecule has 0 N–H and O–H groups in total. The van der Waals surface area contributed by atoms with Gasteiger partial charge in [0.25, 0.3) is 0 Å². The largest absolute Gasteiger partial charge is 0.206 e. The van der Waals surface area contributed by atoms with Gasteiger partial charge in [0.2, 0.25) is 0 Å². The zero-order valence-electron chi connectivity index (χ0n) is 12.9. The van der Waals surface area contributed by atoms with Gasteiger partial charge in [0.05, 0.1) is 0 Å². The van der Waals surface area contributed by atoms with Crippen molar-refractivity contribution in [3.8, 4) is 22.3 Å². The van der Waals surface area contributed by atoms with E-state index in [0.717, 1.165) is 23.1 Å². The van der Waals surface area contributed by atoms with Gasteiger partial charge in [-0.2, -0.15) is 0 Å². The van der Waals surface area contributed by atoms with Crippen LogP contribution in [0.25, 0.3) is 22.3 Å². The van der Waals surface area contributed by atoms with Crippen LogP contribution in [0.15, 0.2) is 66.7 Å². The van der Waals surface area contributed by atoms with Gasteiger partial charge >= 0.3 is 0 Å². The van der Waals surface area contributed by atoms with Gasteiger partial charge in [-0.15, -0.1) is 0 Å². The van der Waals surface area contributed by atoms with Gasteiger partial charge in [0.15, 0.2) is 0 Å². The molecule has 0 aliphatic carbocycles. The Morgan fingerprint density at radius 1 is 0.727 bits per heavy atom. The lowest BCUT2D eigenvalue weighted by Crippen LogP contribution is -1.88. The van der Waals surface area contributed by atoms with Crippen LogP contribution < -0.4 is 0 Å². The third-order valence-electron chi connectivity index (χ3n) is 4.03. The van der Waals surface area contributed by atoms with Gasteiger partial charge in [-0.25, -0.2) is 4.39 Å². The minimum absolute atomic E-state index is 0.178. The second-order valence-corrected chi connectivity index (χ2v) is 5.61. The molecule has 3 aromatic carbocycles. The maximum atomic E-state index is 14.5. The molecule has 1 heteroatoms. The quantitative estimate of drug-likeness (QED) is 0.552. The van der Waals surface area contributed by atoms with E-state index in [0.29, 0.717) is 5.56 Å². The minimum Gasteiger partial charge on any atom is -0.206 e. The van der Waals surface area contributed by atoms with E-state index >= 15 is 0 Å². The number of rotatable bonds is 3. The van der Waals surface area contributed by atoms with Crippen LogP contribution in [0.5, 0.6) is 0 Å². The molecule has 3 aromatic rings. The smallest absolute Gasteiger partial charge is 0.131 e. The molecule has 0 unspecified atom stereocenters. The third kappa shape index (κ3) is 2.94. The van der Waals surface area contributed by atoms with Crippen molar-refractivity contribution in [1.82, 2.24) is 0 Å². The van der Waals surface area contributed by atoms with Crippen molar-refractivity contribution in [3.63, 3.8) is 0 Å². The second kappa shape index (κ2) is 6.15. The number of hydrogen-bond acceptors (Lipinski definition) is 0. The summed E-state index contributed by atoms with van der Waals surface area (Å²) in [4.78, 5) is 0. The Labute approximate surface area is 131 Å². The molecule has 0 atom stereocenters. The summed E-state index contributed by atoms with van der Waals surface area (Å²) in [6.45, 7) is 4.17. The number of halogens is 1. The molecule has 0 spiro atoms. The predicted molar refractivity (Wildman–Crippen MR) is 91.4 cm³/mol. The predicted octanol–water partition coefficient (Wildman–Crippen LogP) is 6.03. The molecule has 0 aliphatic rings. The van der Waals surface area contributed by atoms with E-state index in [1.54, 1.807) is 6.07 Å². The summed E-state index contributed by atoms with van der Waals surface area (Å²) in [5.41, 5.74) is 5.99. The van der Waals surface area contributed by atoms with Crippen LogP contribution in [0.4, 0.5) is 4.39 Å². The van der Waals surface area contributed by atoms with Crippen molar-refractivity contribution in [3.05, 3.63) is 83.7 Å². The Bertz CT molecular complexity index is 768. The topological polar surface area (TPSA) is 0 Å². The van der Waals surface area contributed by atoms with Crippen molar-refractivity contribution in [2.45, 2.75) is 20.3 Å². The Morgan fingerprint density at radius 2 is 1.32 bits per heavy atom. The summed E-state index contributed by atoms with van der Waals surface area (Å²) < 4.78 is 14.5. The Morgan fingerprint density at radius 3 is 1.91 bits per heavy atom. The highest BCUT2D eigenvalue weighted by Gasteiger charge is 2.07. The maximum Gasteiger partial charge on any atom is 0.131 e. The lowest BCUT2D eigenvalue weighted by Gasteiger charge is -2.08. The monoisotopic (exact) mass is 290 g/mol. The molecule has 0 saturated carbocycles. The van der Waals surface area contributed by atoms with Crippen molar-refractivity contribution in [2.24, 2.45) is 0 Å². The SMILES string of the molecule is CCc1ccc(-c2ccc(-c3ccc(C)cc3)cc2F)cc1. The first-order chi connectivity index (χ1) is 10.7. The molecule has 0 radical (unpaired) electrons. The van der Waals surface area contributed by atoms with Gasteiger partial charge in [-0.3, -0.25) is 0 Å². The van der Waals surface area contributed by atoms with Gasteiger partial charge in [0, 0.05) is 5.56 Å². The fourth-order valence-corrected chi connectivity index (χ4v) is 2.59. The zero-order valence-corrected chi connectivity index (χ0v) is 12.9. The van der Waals surface area contributed by atoms with Crippen molar-refractivity contribution in [1.29, 1.82) is 0 Å². The van der Waals surface area contributed by atoms with Gasteiger partial charge < -0.3 is 0 Å². The van der Waals surface area contributed by atoms with Crippen LogP contribution in [-0.2, 0) is 6.42 Å². The molecule has 0 aromatic heterocycles. The Kier molecular flexibility index (Phi) is 4.06. The molecule has 0 saturated heterocycles. The second-order valence-electron chi connectivity index (χ2n) is 5.61. The van der Waals surface area contributed by atoms with Crippen LogP contribution in [0.3, 0.4) is 0 Å². The first-order valence-corrected chi connectivity index (χ1v) is 7.63. The maximum absolute atomic E-state index is 14.5. The highest BCUT2D eigenvalue weighted by Crippen LogP contribution is 2.28. The first-order valence-electron chi connectivity index (χ1n) is 7.63. The van der Waals surface area contributed by atoms with Crippen molar-refractivity contribution in [2.75, 3.05) is 0 Å². The zero-order chi connectivity index (χ0) is 15.5. The number of hydrogen-bond donors (Lipinski definition) is 0. The summed E-state index contributed by atoms with van der Waals surface area (Å²) in [5.74, 6) is -0.178.